The molecule has 0 spiro atoms. The standard InChI is InChI=1S/C23H26FN7/c1-14-10-16(8-9-17(14)13-30(3)4)18-11-19(22(25)26-12-18)23-27-28-29-31(23)21-7-5-6-20(24)15(21)2/h5-9,11-12,14H,10,13H2,1-4H3,(H2,25,26). The van der Waals surface area contributed by atoms with Crippen molar-refractivity contribution in [2.24, 2.45) is 5.92 Å². The fraction of sp³-hybridized carbons (Fsp3) is 0.304. The highest BCUT2D eigenvalue weighted by Gasteiger charge is 2.21. The smallest absolute Gasteiger partial charge is 0.190 e. The number of nitrogens with zero attached hydrogens (tertiary/aromatic N) is 6. The van der Waals surface area contributed by atoms with Gasteiger partial charge in [-0.15, -0.1) is 5.10 Å². The molecule has 1 aliphatic carbocycles. The van der Waals surface area contributed by atoms with Gasteiger partial charge in [0.15, 0.2) is 5.82 Å². The zero-order chi connectivity index (χ0) is 22.1. The van der Waals surface area contributed by atoms with Crippen LogP contribution in [0.5, 0.6) is 0 Å². The molecule has 0 radical (unpaired) electrons. The van der Waals surface area contributed by atoms with Crippen LogP contribution in [0.4, 0.5) is 10.2 Å². The molecule has 0 saturated carbocycles. The summed E-state index contributed by atoms with van der Waals surface area (Å²) < 4.78 is 15.6. The van der Waals surface area contributed by atoms with Crippen LogP contribution in [0.3, 0.4) is 0 Å². The molecule has 1 atom stereocenters. The normalized spacial score (nSPS) is 16.4. The highest BCUT2D eigenvalue weighted by atomic mass is 19.1. The first kappa shape index (κ1) is 20.9. The monoisotopic (exact) mass is 419 g/mol. The summed E-state index contributed by atoms with van der Waals surface area (Å²) in [5.41, 5.74) is 11.4. The SMILES string of the molecule is Cc1c(F)cccc1-n1nnnc1-c1cc(C2=CC=C(CN(C)C)C(C)C2)cnc1N. The molecular formula is C23H26FN7. The van der Waals surface area contributed by atoms with Gasteiger partial charge in [0.05, 0.1) is 11.3 Å². The van der Waals surface area contributed by atoms with Crippen molar-refractivity contribution in [3.8, 4) is 17.1 Å². The summed E-state index contributed by atoms with van der Waals surface area (Å²) >= 11 is 0. The second-order valence-corrected chi connectivity index (χ2v) is 8.23. The van der Waals surface area contributed by atoms with E-state index < -0.39 is 0 Å². The molecule has 0 fully saturated rings. The average Bonchev–Trinajstić information content (AvgIpc) is 3.21. The van der Waals surface area contributed by atoms with Gasteiger partial charge in [0.25, 0.3) is 0 Å². The highest BCUT2D eigenvalue weighted by molar-refractivity contribution is 5.77. The number of tetrazole rings is 1. The molecule has 1 aromatic carbocycles. The molecule has 1 aliphatic rings. The third-order valence-electron chi connectivity index (χ3n) is 5.62. The van der Waals surface area contributed by atoms with Gasteiger partial charge < -0.3 is 10.6 Å². The summed E-state index contributed by atoms with van der Waals surface area (Å²) in [5.74, 6) is 0.861. The van der Waals surface area contributed by atoms with Crippen molar-refractivity contribution in [3.05, 3.63) is 65.1 Å². The molecule has 2 aromatic heterocycles. The predicted octanol–water partition coefficient (Wildman–Crippen LogP) is 3.67. The van der Waals surface area contributed by atoms with Crippen LogP contribution in [-0.2, 0) is 0 Å². The Hall–Kier alpha value is -3.39. The zero-order valence-corrected chi connectivity index (χ0v) is 18.2. The molecule has 160 valence electrons. The maximum Gasteiger partial charge on any atom is 0.190 e. The Morgan fingerprint density at radius 1 is 1.26 bits per heavy atom. The average molecular weight is 420 g/mol. The fourth-order valence-electron chi connectivity index (χ4n) is 3.86. The molecule has 0 amide bonds. The van der Waals surface area contributed by atoms with Crippen molar-refractivity contribution in [1.82, 2.24) is 30.1 Å². The third kappa shape index (κ3) is 4.11. The van der Waals surface area contributed by atoms with Crippen LogP contribution in [0.2, 0.25) is 0 Å². The first-order valence-electron chi connectivity index (χ1n) is 10.2. The number of aromatic nitrogens is 5. The lowest BCUT2D eigenvalue weighted by atomic mass is 9.85. The van der Waals surface area contributed by atoms with E-state index in [4.69, 9.17) is 5.73 Å². The number of hydrogen-bond acceptors (Lipinski definition) is 6. The molecule has 0 saturated heterocycles. The van der Waals surface area contributed by atoms with Gasteiger partial charge in [-0.3, -0.25) is 0 Å². The molecule has 2 heterocycles. The highest BCUT2D eigenvalue weighted by Crippen LogP contribution is 2.34. The van der Waals surface area contributed by atoms with Crippen LogP contribution in [-0.4, -0.2) is 50.7 Å². The van der Waals surface area contributed by atoms with Crippen LogP contribution in [0.25, 0.3) is 22.6 Å². The van der Waals surface area contributed by atoms with Gasteiger partial charge in [0.1, 0.15) is 11.6 Å². The van der Waals surface area contributed by atoms with Gasteiger partial charge in [0.2, 0.25) is 0 Å². The predicted molar refractivity (Wildman–Crippen MR) is 120 cm³/mol. The van der Waals surface area contributed by atoms with Crippen LogP contribution >= 0.6 is 0 Å². The van der Waals surface area contributed by atoms with Crippen LogP contribution < -0.4 is 5.73 Å². The van der Waals surface area contributed by atoms with Crippen molar-refractivity contribution < 1.29 is 4.39 Å². The topological polar surface area (TPSA) is 85.8 Å². The Labute approximate surface area is 181 Å². The number of halogens is 1. The van der Waals surface area contributed by atoms with Crippen LogP contribution in [0.1, 0.15) is 24.5 Å². The van der Waals surface area contributed by atoms with E-state index in [1.807, 2.05) is 6.07 Å². The van der Waals surface area contributed by atoms with Crippen molar-refractivity contribution >= 4 is 11.4 Å². The first-order valence-corrected chi connectivity index (χ1v) is 10.2. The van der Waals surface area contributed by atoms with Crippen molar-refractivity contribution in [3.63, 3.8) is 0 Å². The van der Waals surface area contributed by atoms with E-state index in [-0.39, 0.29) is 5.82 Å². The van der Waals surface area contributed by atoms with E-state index in [0.717, 1.165) is 18.5 Å². The van der Waals surface area contributed by atoms with E-state index >= 15 is 0 Å². The maximum atomic E-state index is 14.1. The summed E-state index contributed by atoms with van der Waals surface area (Å²) in [7, 11) is 4.15. The second-order valence-electron chi connectivity index (χ2n) is 8.23. The molecule has 3 aromatic rings. The summed E-state index contributed by atoms with van der Waals surface area (Å²) in [6, 6.07) is 6.78. The minimum atomic E-state index is -0.319. The molecule has 2 N–H and O–H groups in total. The number of rotatable bonds is 5. The Kier molecular flexibility index (Phi) is 5.65. The molecular weight excluding hydrogens is 393 g/mol. The van der Waals surface area contributed by atoms with E-state index in [2.05, 4.69) is 58.6 Å². The number of allylic oxidation sites excluding steroid dienone is 3. The maximum absolute atomic E-state index is 14.1. The second kappa shape index (κ2) is 8.39. The van der Waals surface area contributed by atoms with Crippen LogP contribution in [0.15, 0.2) is 48.2 Å². The summed E-state index contributed by atoms with van der Waals surface area (Å²) in [6.07, 6.45) is 7.04. The van der Waals surface area contributed by atoms with Gasteiger partial charge in [-0.05, 0) is 73.1 Å². The molecule has 0 bridgehead atoms. The van der Waals surface area contributed by atoms with E-state index in [1.54, 1.807) is 25.3 Å². The van der Waals surface area contributed by atoms with Crippen molar-refractivity contribution in [2.45, 2.75) is 20.3 Å². The molecule has 4 rings (SSSR count). The van der Waals surface area contributed by atoms with E-state index in [0.29, 0.717) is 34.4 Å². The number of benzene rings is 1. The number of pyridine rings is 1. The Morgan fingerprint density at radius 3 is 2.81 bits per heavy atom. The summed E-state index contributed by atoms with van der Waals surface area (Å²) in [4.78, 5) is 6.58. The first-order chi connectivity index (χ1) is 14.8. The largest absolute Gasteiger partial charge is 0.383 e. The zero-order valence-electron chi connectivity index (χ0n) is 18.2. The fourth-order valence-corrected chi connectivity index (χ4v) is 3.86. The summed E-state index contributed by atoms with van der Waals surface area (Å²) in [6.45, 7) is 4.87. The number of hydrogen-bond donors (Lipinski definition) is 1. The minimum absolute atomic E-state index is 0.319. The summed E-state index contributed by atoms with van der Waals surface area (Å²) in [5, 5.41) is 12.0. The van der Waals surface area contributed by atoms with Gasteiger partial charge in [-0.2, -0.15) is 4.68 Å². The van der Waals surface area contributed by atoms with Gasteiger partial charge in [0, 0.05) is 18.3 Å². The molecule has 7 nitrogen and oxygen atoms in total. The molecule has 0 aliphatic heterocycles. The van der Waals surface area contributed by atoms with Gasteiger partial charge in [-0.1, -0.05) is 30.7 Å². The van der Waals surface area contributed by atoms with Gasteiger partial charge >= 0.3 is 0 Å². The Balaban J connectivity index is 1.75. The lowest BCUT2D eigenvalue weighted by Gasteiger charge is -2.24. The van der Waals surface area contributed by atoms with Crippen molar-refractivity contribution in [2.75, 3.05) is 26.4 Å². The lowest BCUT2D eigenvalue weighted by Crippen LogP contribution is -2.20. The van der Waals surface area contributed by atoms with Gasteiger partial charge in [-0.25, -0.2) is 9.37 Å². The van der Waals surface area contributed by atoms with E-state index in [1.165, 1.54) is 21.9 Å². The third-order valence-corrected chi connectivity index (χ3v) is 5.62. The number of nitrogens with two attached hydrogens (primary N) is 1. The van der Waals surface area contributed by atoms with E-state index in [9.17, 15) is 4.39 Å². The molecule has 1 unspecified atom stereocenters. The Bertz CT molecular complexity index is 1180. The lowest BCUT2D eigenvalue weighted by molar-refractivity contribution is 0.423. The Morgan fingerprint density at radius 2 is 2.06 bits per heavy atom. The quantitative estimate of drug-likeness (QED) is 0.679. The molecule has 31 heavy (non-hydrogen) atoms. The number of anilines is 1. The van der Waals surface area contributed by atoms with Crippen molar-refractivity contribution in [1.29, 1.82) is 0 Å². The molecule has 8 heteroatoms. The minimum Gasteiger partial charge on any atom is -0.383 e. The number of nitrogen functional groups attached to an aromatic ring is 1. The number of likely N-dealkylation sites (N-methyl/N-ethyl adjacent to an activating group) is 1. The van der Waals surface area contributed by atoms with Crippen LogP contribution in [0, 0.1) is 18.7 Å².